The number of nitrogens with zero attached hydrogens (tertiary/aromatic N) is 6. The second kappa shape index (κ2) is 9.79. The van der Waals surface area contributed by atoms with Gasteiger partial charge in [-0.2, -0.15) is 15.1 Å². The fourth-order valence-electron chi connectivity index (χ4n) is 5.75. The lowest BCUT2D eigenvalue weighted by atomic mass is 10.0. The van der Waals surface area contributed by atoms with Gasteiger partial charge >= 0.3 is 6.01 Å². The maximum Gasteiger partial charge on any atom is 0.319 e. The van der Waals surface area contributed by atoms with Crippen LogP contribution in [0.15, 0.2) is 36.7 Å². The van der Waals surface area contributed by atoms with Crippen LogP contribution in [-0.4, -0.2) is 56.0 Å². The van der Waals surface area contributed by atoms with Gasteiger partial charge in [0.2, 0.25) is 0 Å². The van der Waals surface area contributed by atoms with E-state index in [-0.39, 0.29) is 43.6 Å². The van der Waals surface area contributed by atoms with Gasteiger partial charge in [0.25, 0.3) is 0 Å². The zero-order valence-corrected chi connectivity index (χ0v) is 23.0. The smallest absolute Gasteiger partial charge is 0.319 e. The molecule has 0 saturated carbocycles. The van der Waals surface area contributed by atoms with Crippen molar-refractivity contribution < 1.29 is 13.5 Å². The van der Waals surface area contributed by atoms with E-state index in [0.29, 0.717) is 35.4 Å². The van der Waals surface area contributed by atoms with Gasteiger partial charge in [0.05, 0.1) is 21.8 Å². The van der Waals surface area contributed by atoms with Crippen molar-refractivity contribution in [3.63, 3.8) is 0 Å². The molecule has 0 amide bonds. The van der Waals surface area contributed by atoms with Crippen LogP contribution in [0.5, 0.6) is 6.01 Å². The van der Waals surface area contributed by atoms with E-state index in [1.165, 1.54) is 12.1 Å². The minimum Gasteiger partial charge on any atom is -0.458 e. The number of piperazine rings is 1. The lowest BCUT2D eigenvalue weighted by Crippen LogP contribution is -2.51. The van der Waals surface area contributed by atoms with Gasteiger partial charge in [-0.25, -0.2) is 13.8 Å². The summed E-state index contributed by atoms with van der Waals surface area (Å²) in [7, 11) is 0. The molecule has 2 bridgehead atoms. The summed E-state index contributed by atoms with van der Waals surface area (Å²) in [4.78, 5) is 15.7. The first kappa shape index (κ1) is 25.4. The summed E-state index contributed by atoms with van der Waals surface area (Å²) in [6.07, 6.45) is 5.34. The van der Waals surface area contributed by atoms with E-state index in [1.54, 1.807) is 16.9 Å². The quantitative estimate of drug-likeness (QED) is 0.287. The molecule has 5 aromatic rings. The number of nitrogen functional groups attached to an aromatic ring is 1. The molecule has 206 valence electrons. The normalized spacial score (nSPS) is 19.6. The highest BCUT2D eigenvalue weighted by Crippen LogP contribution is 2.43. The van der Waals surface area contributed by atoms with Crippen LogP contribution in [0.2, 0.25) is 5.02 Å². The Bertz CT molecular complexity index is 1730. The maximum atomic E-state index is 16.6. The summed E-state index contributed by atoms with van der Waals surface area (Å²) in [5, 5.41) is 8.65. The number of benzene rings is 2. The van der Waals surface area contributed by atoms with E-state index in [9.17, 15) is 4.39 Å². The second-order valence-corrected chi connectivity index (χ2v) is 11.7. The number of hydrogen-bond donors (Lipinski definition) is 2. The minimum atomic E-state index is -0.659. The molecule has 0 spiro atoms. The van der Waals surface area contributed by atoms with Gasteiger partial charge in [0.1, 0.15) is 23.3 Å². The number of hydrogen-bond acceptors (Lipinski definition) is 9. The molecule has 2 fully saturated rings. The van der Waals surface area contributed by atoms with Crippen LogP contribution in [0, 0.1) is 11.6 Å². The summed E-state index contributed by atoms with van der Waals surface area (Å²) in [6.45, 7) is 3.80. The van der Waals surface area contributed by atoms with E-state index in [4.69, 9.17) is 27.1 Å². The minimum absolute atomic E-state index is 0.0577. The number of rotatable bonds is 6. The summed E-state index contributed by atoms with van der Waals surface area (Å²) in [6, 6.07) is 6.95. The van der Waals surface area contributed by atoms with Crippen molar-refractivity contribution in [2.75, 3.05) is 23.7 Å². The number of ether oxygens (including phenoxy) is 1. The number of nitrogens with one attached hydrogen (secondary N) is 1. The van der Waals surface area contributed by atoms with Crippen LogP contribution in [0.3, 0.4) is 0 Å². The molecule has 2 unspecified atom stereocenters. The molecule has 2 aromatic carbocycles. The molecule has 40 heavy (non-hydrogen) atoms. The molecule has 2 saturated heterocycles. The fourth-order valence-corrected chi connectivity index (χ4v) is 6.81. The Hall–Kier alpha value is -3.61. The molecule has 3 aromatic heterocycles. The molecule has 5 heterocycles. The van der Waals surface area contributed by atoms with Crippen molar-refractivity contribution in [3.8, 4) is 17.1 Å². The Morgan fingerprint density at radius 3 is 2.73 bits per heavy atom. The number of anilines is 2. The lowest BCUT2D eigenvalue weighted by molar-refractivity contribution is 0.179. The second-order valence-electron chi connectivity index (χ2n) is 10.3. The van der Waals surface area contributed by atoms with Crippen LogP contribution >= 0.6 is 22.9 Å². The van der Waals surface area contributed by atoms with Gasteiger partial charge in [-0.15, -0.1) is 0 Å². The zero-order valence-electron chi connectivity index (χ0n) is 21.4. The number of fused-ring (bicyclic) bond motifs is 4. The van der Waals surface area contributed by atoms with Crippen molar-refractivity contribution in [3.05, 3.63) is 53.3 Å². The maximum absolute atomic E-state index is 16.6. The predicted molar refractivity (Wildman–Crippen MR) is 152 cm³/mol. The average molecular weight is 583 g/mol. The molecule has 9 nitrogen and oxygen atoms in total. The van der Waals surface area contributed by atoms with Gasteiger partial charge in [0, 0.05) is 54.1 Å². The SMILES string of the molecule is C[C@@H](Cn1cccn1)Oc1nc(N2CC3CCC(C2)N3)c2cc(Cl)c(-c3ccc(F)c4sc(N)nc34)c(F)c2n1. The third-order valence-corrected chi connectivity index (χ3v) is 8.64. The van der Waals surface area contributed by atoms with Gasteiger partial charge in [0.15, 0.2) is 10.9 Å². The standard InChI is InChI=1S/C27H25ClF2N8OS/c1-13(10-38-8-2-7-32-38)39-27-35-22-17(25(36-27)37-11-14-3-4-15(12-37)33-14)9-18(28)20(21(22)30)16-5-6-19(29)24-23(16)34-26(31)40-24/h2,5-9,13-15,33H,3-4,10-12H2,1H3,(H2,31,34)/t13-,14?,15?/m0/s1. The number of aromatic nitrogens is 5. The average Bonchev–Trinajstić information content (AvgIpc) is 3.66. The van der Waals surface area contributed by atoms with Crippen LogP contribution in [-0.2, 0) is 6.54 Å². The van der Waals surface area contributed by atoms with Crippen LogP contribution in [0.1, 0.15) is 19.8 Å². The molecule has 7 rings (SSSR count). The van der Waals surface area contributed by atoms with Crippen molar-refractivity contribution in [2.24, 2.45) is 0 Å². The topological polar surface area (TPSA) is 107 Å². The molecule has 3 atom stereocenters. The molecule has 3 N–H and O–H groups in total. The third kappa shape index (κ3) is 4.40. The number of nitrogens with two attached hydrogens (primary N) is 1. The highest BCUT2D eigenvalue weighted by molar-refractivity contribution is 7.22. The summed E-state index contributed by atoms with van der Waals surface area (Å²) in [5.41, 5.74) is 6.61. The monoisotopic (exact) mass is 582 g/mol. The van der Waals surface area contributed by atoms with E-state index in [1.807, 2.05) is 19.2 Å². The molecule has 0 radical (unpaired) electrons. The van der Waals surface area contributed by atoms with Crippen LogP contribution < -0.4 is 20.7 Å². The van der Waals surface area contributed by atoms with Crippen molar-refractivity contribution >= 4 is 55.0 Å². The summed E-state index contributed by atoms with van der Waals surface area (Å²) in [5.74, 6) is -0.572. The van der Waals surface area contributed by atoms with Gasteiger partial charge < -0.3 is 20.7 Å². The molecule has 13 heteroatoms. The Kier molecular flexibility index (Phi) is 6.21. The summed E-state index contributed by atoms with van der Waals surface area (Å²) < 4.78 is 39.2. The molecular weight excluding hydrogens is 558 g/mol. The lowest BCUT2D eigenvalue weighted by Gasteiger charge is -2.34. The first-order valence-electron chi connectivity index (χ1n) is 13.0. The number of halogens is 3. The van der Waals surface area contributed by atoms with Crippen molar-refractivity contribution in [2.45, 2.75) is 44.5 Å². The van der Waals surface area contributed by atoms with Gasteiger partial charge in [-0.05, 0) is 44.0 Å². The Labute approximate surface area is 236 Å². The van der Waals surface area contributed by atoms with E-state index in [2.05, 4.69) is 25.3 Å². The molecule has 2 aliphatic heterocycles. The zero-order chi connectivity index (χ0) is 27.5. The van der Waals surface area contributed by atoms with E-state index < -0.39 is 11.6 Å². The Morgan fingerprint density at radius 2 is 1.98 bits per heavy atom. The summed E-state index contributed by atoms with van der Waals surface area (Å²) >= 11 is 7.76. The van der Waals surface area contributed by atoms with Crippen molar-refractivity contribution in [1.29, 1.82) is 0 Å². The fraction of sp³-hybridized carbons (Fsp3) is 0.333. The van der Waals surface area contributed by atoms with Crippen molar-refractivity contribution in [1.82, 2.24) is 30.0 Å². The largest absolute Gasteiger partial charge is 0.458 e. The highest BCUT2D eigenvalue weighted by Gasteiger charge is 2.34. The Morgan fingerprint density at radius 1 is 1.18 bits per heavy atom. The van der Waals surface area contributed by atoms with E-state index >= 15 is 4.39 Å². The molecular formula is C27H25ClF2N8OS. The van der Waals surface area contributed by atoms with E-state index in [0.717, 1.165) is 37.3 Å². The van der Waals surface area contributed by atoms with Gasteiger partial charge in [-0.1, -0.05) is 22.9 Å². The first-order chi connectivity index (χ1) is 19.3. The van der Waals surface area contributed by atoms with Gasteiger partial charge in [-0.3, -0.25) is 4.68 Å². The molecule has 2 aliphatic rings. The number of thiazole rings is 1. The van der Waals surface area contributed by atoms with Crippen LogP contribution in [0.4, 0.5) is 19.7 Å². The van der Waals surface area contributed by atoms with Crippen LogP contribution in [0.25, 0.3) is 32.2 Å². The third-order valence-electron chi connectivity index (χ3n) is 7.45. The Balaban J connectivity index is 1.38. The molecule has 0 aliphatic carbocycles. The highest BCUT2D eigenvalue weighted by atomic mass is 35.5. The first-order valence-corrected chi connectivity index (χ1v) is 14.2. The predicted octanol–water partition coefficient (Wildman–Crippen LogP) is 5.02.